The minimum Gasteiger partial charge on any atom is -0.339 e. The Balaban J connectivity index is 1.45. The maximum absolute atomic E-state index is 12.9. The van der Waals surface area contributed by atoms with E-state index in [1.165, 1.54) is 0 Å². The zero-order valence-electron chi connectivity index (χ0n) is 18.5. The van der Waals surface area contributed by atoms with E-state index >= 15 is 0 Å². The van der Waals surface area contributed by atoms with Crippen molar-refractivity contribution in [2.45, 2.75) is 39.5 Å². The molecule has 0 aromatic heterocycles. The number of carbonyl (C=O) groups excluding carboxylic acids is 2. The van der Waals surface area contributed by atoms with Crippen LogP contribution >= 0.6 is 0 Å². The number of hydrogen-bond donors (Lipinski definition) is 1. The maximum atomic E-state index is 12.9. The SMILES string of the molecule is CCCCS(=O)(=O)N1CCC(C(=O)N2CCN(C(=O)Nc3cccc(C)c3)CC2)CC1. The van der Waals surface area contributed by atoms with Crippen molar-refractivity contribution in [2.24, 2.45) is 5.92 Å². The van der Waals surface area contributed by atoms with Crippen molar-refractivity contribution in [3.8, 4) is 0 Å². The number of nitrogens with zero attached hydrogens (tertiary/aromatic N) is 3. The van der Waals surface area contributed by atoms with Gasteiger partial charge in [-0.3, -0.25) is 4.79 Å². The average molecular weight is 451 g/mol. The predicted octanol–water partition coefficient (Wildman–Crippen LogP) is 2.51. The average Bonchev–Trinajstić information content (AvgIpc) is 2.77. The van der Waals surface area contributed by atoms with Gasteiger partial charge in [0.2, 0.25) is 15.9 Å². The van der Waals surface area contributed by atoms with E-state index in [9.17, 15) is 18.0 Å². The fourth-order valence-electron chi connectivity index (χ4n) is 4.15. The van der Waals surface area contributed by atoms with Crippen molar-refractivity contribution in [3.05, 3.63) is 29.8 Å². The number of amides is 3. The van der Waals surface area contributed by atoms with E-state index in [1.807, 2.05) is 43.0 Å². The molecule has 0 saturated carbocycles. The second kappa shape index (κ2) is 10.5. The van der Waals surface area contributed by atoms with Crippen LogP contribution < -0.4 is 5.32 Å². The number of anilines is 1. The number of unbranched alkanes of at least 4 members (excludes halogenated alkanes) is 1. The summed E-state index contributed by atoms with van der Waals surface area (Å²) >= 11 is 0. The largest absolute Gasteiger partial charge is 0.339 e. The molecule has 9 heteroatoms. The van der Waals surface area contributed by atoms with Crippen molar-refractivity contribution in [3.63, 3.8) is 0 Å². The van der Waals surface area contributed by atoms with Crippen molar-refractivity contribution < 1.29 is 18.0 Å². The molecule has 31 heavy (non-hydrogen) atoms. The lowest BCUT2D eigenvalue weighted by molar-refractivity contribution is -0.138. The molecule has 3 amide bonds. The van der Waals surface area contributed by atoms with Crippen LogP contribution in [0.5, 0.6) is 0 Å². The fraction of sp³-hybridized carbons (Fsp3) is 0.636. The molecule has 1 N–H and O–H groups in total. The lowest BCUT2D eigenvalue weighted by atomic mass is 9.96. The molecule has 2 fully saturated rings. The summed E-state index contributed by atoms with van der Waals surface area (Å²) in [6.07, 6.45) is 2.66. The van der Waals surface area contributed by atoms with Gasteiger partial charge in [-0.1, -0.05) is 25.5 Å². The second-order valence-corrected chi connectivity index (χ2v) is 10.5. The second-order valence-electron chi connectivity index (χ2n) is 8.45. The molecule has 3 rings (SSSR count). The number of nitrogens with one attached hydrogen (secondary N) is 1. The molecule has 0 bridgehead atoms. The Morgan fingerprint density at radius 3 is 2.29 bits per heavy atom. The molecule has 0 atom stereocenters. The van der Waals surface area contributed by atoms with Crippen LogP contribution in [0.4, 0.5) is 10.5 Å². The molecule has 0 radical (unpaired) electrons. The fourth-order valence-corrected chi connectivity index (χ4v) is 5.83. The Hall–Kier alpha value is -2.13. The summed E-state index contributed by atoms with van der Waals surface area (Å²) in [7, 11) is -3.21. The van der Waals surface area contributed by atoms with Gasteiger partial charge < -0.3 is 15.1 Å². The first-order chi connectivity index (χ1) is 14.8. The van der Waals surface area contributed by atoms with Crippen LogP contribution in [0, 0.1) is 12.8 Å². The number of rotatable bonds is 6. The first-order valence-electron chi connectivity index (χ1n) is 11.2. The summed E-state index contributed by atoms with van der Waals surface area (Å²) in [5.74, 6) is 0.143. The highest BCUT2D eigenvalue weighted by Crippen LogP contribution is 2.23. The van der Waals surface area contributed by atoms with Gasteiger partial charge in [0.05, 0.1) is 5.75 Å². The van der Waals surface area contributed by atoms with Crippen molar-refractivity contribution in [2.75, 3.05) is 50.3 Å². The number of carbonyl (C=O) groups is 2. The Labute approximate surface area is 185 Å². The summed E-state index contributed by atoms with van der Waals surface area (Å²) in [4.78, 5) is 29.0. The molecule has 8 nitrogen and oxygen atoms in total. The Morgan fingerprint density at radius 2 is 1.68 bits per heavy atom. The van der Waals surface area contributed by atoms with E-state index < -0.39 is 10.0 Å². The smallest absolute Gasteiger partial charge is 0.321 e. The number of benzene rings is 1. The van der Waals surface area contributed by atoms with E-state index in [2.05, 4.69) is 5.32 Å². The van der Waals surface area contributed by atoms with Gasteiger partial charge in [0.15, 0.2) is 0 Å². The van der Waals surface area contributed by atoms with Gasteiger partial charge >= 0.3 is 6.03 Å². The molecule has 1 aromatic carbocycles. The van der Waals surface area contributed by atoms with Crippen LogP contribution in [0.2, 0.25) is 0 Å². The third kappa shape index (κ3) is 6.20. The Bertz CT molecular complexity index is 873. The zero-order chi connectivity index (χ0) is 22.4. The lowest BCUT2D eigenvalue weighted by Gasteiger charge is -2.38. The van der Waals surface area contributed by atoms with Crippen LogP contribution in [0.3, 0.4) is 0 Å². The van der Waals surface area contributed by atoms with E-state index in [0.29, 0.717) is 58.5 Å². The quantitative estimate of drug-likeness (QED) is 0.721. The van der Waals surface area contributed by atoms with Crippen molar-refractivity contribution >= 4 is 27.6 Å². The van der Waals surface area contributed by atoms with Gasteiger partial charge in [-0.05, 0) is 43.9 Å². The van der Waals surface area contributed by atoms with E-state index in [0.717, 1.165) is 17.7 Å². The van der Waals surface area contributed by atoms with Crippen LogP contribution in [0.15, 0.2) is 24.3 Å². The summed E-state index contributed by atoms with van der Waals surface area (Å²) in [5.41, 5.74) is 1.85. The number of piperidine rings is 1. The number of urea groups is 1. The van der Waals surface area contributed by atoms with Gasteiger partial charge in [0.25, 0.3) is 0 Å². The van der Waals surface area contributed by atoms with Crippen LogP contribution in [0.1, 0.15) is 38.2 Å². The number of sulfonamides is 1. The van der Waals surface area contributed by atoms with Gasteiger partial charge in [0.1, 0.15) is 0 Å². The minimum atomic E-state index is -3.21. The summed E-state index contributed by atoms with van der Waals surface area (Å²) in [5, 5.41) is 2.91. The monoisotopic (exact) mass is 450 g/mol. The van der Waals surface area contributed by atoms with Gasteiger partial charge in [-0.2, -0.15) is 0 Å². The van der Waals surface area contributed by atoms with E-state index in [-0.39, 0.29) is 23.6 Å². The van der Waals surface area contributed by atoms with Crippen molar-refractivity contribution in [1.82, 2.24) is 14.1 Å². The van der Waals surface area contributed by atoms with E-state index in [1.54, 1.807) is 9.21 Å². The summed E-state index contributed by atoms with van der Waals surface area (Å²) in [6, 6.07) is 7.52. The standard InChI is InChI=1S/C22H34N4O4S/c1-3-4-16-31(29,30)26-10-8-19(9-11-26)21(27)24-12-14-25(15-13-24)22(28)23-20-7-5-6-18(2)17-20/h5-7,17,19H,3-4,8-16H2,1-2H3,(H,23,28). The zero-order valence-corrected chi connectivity index (χ0v) is 19.4. The van der Waals surface area contributed by atoms with E-state index in [4.69, 9.17) is 0 Å². The number of aryl methyl sites for hydroxylation is 1. The van der Waals surface area contributed by atoms with Crippen LogP contribution in [-0.4, -0.2) is 79.5 Å². The summed E-state index contributed by atoms with van der Waals surface area (Å²) < 4.78 is 26.3. The maximum Gasteiger partial charge on any atom is 0.321 e. The highest BCUT2D eigenvalue weighted by molar-refractivity contribution is 7.89. The third-order valence-corrected chi connectivity index (χ3v) is 8.06. The number of hydrogen-bond acceptors (Lipinski definition) is 4. The summed E-state index contributed by atoms with van der Waals surface area (Å²) in [6.45, 7) is 6.80. The highest BCUT2D eigenvalue weighted by Gasteiger charge is 2.34. The first-order valence-corrected chi connectivity index (χ1v) is 12.8. The predicted molar refractivity (Wildman–Crippen MR) is 121 cm³/mol. The molecule has 2 saturated heterocycles. The Kier molecular flexibility index (Phi) is 7.94. The van der Waals surface area contributed by atoms with Crippen LogP contribution in [-0.2, 0) is 14.8 Å². The Morgan fingerprint density at radius 1 is 1.03 bits per heavy atom. The van der Waals surface area contributed by atoms with Crippen molar-refractivity contribution in [1.29, 1.82) is 0 Å². The molecule has 0 aliphatic carbocycles. The molecular weight excluding hydrogens is 416 g/mol. The topological polar surface area (TPSA) is 90.0 Å². The normalized spacial score (nSPS) is 18.8. The molecule has 2 heterocycles. The molecule has 1 aromatic rings. The first kappa shape index (κ1) is 23.5. The highest BCUT2D eigenvalue weighted by atomic mass is 32.2. The molecule has 172 valence electrons. The van der Waals surface area contributed by atoms with Gasteiger partial charge in [0, 0.05) is 50.9 Å². The molecule has 0 unspecified atom stereocenters. The minimum absolute atomic E-state index is 0.0874. The lowest BCUT2D eigenvalue weighted by Crippen LogP contribution is -2.54. The van der Waals surface area contributed by atoms with Gasteiger partial charge in [-0.25, -0.2) is 17.5 Å². The number of piperazine rings is 1. The molecule has 0 spiro atoms. The molecular formula is C22H34N4O4S. The van der Waals surface area contributed by atoms with Gasteiger partial charge in [-0.15, -0.1) is 0 Å². The van der Waals surface area contributed by atoms with Crippen LogP contribution in [0.25, 0.3) is 0 Å². The third-order valence-electron chi connectivity index (χ3n) is 6.10. The molecule has 2 aliphatic rings. The molecule has 2 aliphatic heterocycles.